The Morgan fingerprint density at radius 3 is 2.74 bits per heavy atom. The Balaban J connectivity index is 2.77. The molecule has 1 rings (SSSR count). The minimum absolute atomic E-state index is 0.657. The summed E-state index contributed by atoms with van der Waals surface area (Å²) < 4.78 is 11.6. The fraction of sp³-hybridized carbons (Fsp3) is 0.600. The summed E-state index contributed by atoms with van der Waals surface area (Å²) in [6.45, 7) is 7.37. The summed E-state index contributed by atoms with van der Waals surface area (Å²) in [5.41, 5.74) is 1.17. The molecule has 0 fully saturated rings. The minimum atomic E-state index is 0.657. The van der Waals surface area contributed by atoms with Gasteiger partial charge < -0.3 is 14.8 Å². The Hall–Kier alpha value is -0.870. The van der Waals surface area contributed by atoms with E-state index in [2.05, 4.69) is 24.6 Å². The van der Waals surface area contributed by atoms with Crippen LogP contribution in [0.2, 0.25) is 0 Å². The SMILES string of the molecule is CCCNCc1cccc(OCC)c1OCCSC. The average molecular weight is 283 g/mol. The highest BCUT2D eigenvalue weighted by molar-refractivity contribution is 7.98. The Morgan fingerprint density at radius 1 is 1.21 bits per heavy atom. The van der Waals surface area contributed by atoms with Crippen molar-refractivity contribution < 1.29 is 9.47 Å². The maximum absolute atomic E-state index is 5.91. The molecule has 0 radical (unpaired) electrons. The second-order valence-corrected chi connectivity index (χ2v) is 5.18. The van der Waals surface area contributed by atoms with Crippen LogP contribution in [0.3, 0.4) is 0 Å². The van der Waals surface area contributed by atoms with Crippen molar-refractivity contribution in [2.24, 2.45) is 0 Å². The first-order chi connectivity index (χ1) is 9.33. The predicted octanol–water partition coefficient (Wildman–Crippen LogP) is 3.33. The first kappa shape index (κ1) is 16.2. The molecule has 0 atom stereocenters. The van der Waals surface area contributed by atoms with Crippen molar-refractivity contribution in [1.82, 2.24) is 5.32 Å². The largest absolute Gasteiger partial charge is 0.490 e. The second kappa shape index (κ2) is 9.98. The second-order valence-electron chi connectivity index (χ2n) is 4.20. The summed E-state index contributed by atoms with van der Waals surface area (Å²) in [4.78, 5) is 0. The van der Waals surface area contributed by atoms with Crippen molar-refractivity contribution in [3.8, 4) is 11.5 Å². The lowest BCUT2D eigenvalue weighted by Crippen LogP contribution is -2.15. The summed E-state index contributed by atoms with van der Waals surface area (Å²) in [5, 5.41) is 3.41. The highest BCUT2D eigenvalue weighted by Gasteiger charge is 2.10. The standard InChI is InChI=1S/C15H25NO2S/c1-4-9-16-12-13-7-6-8-14(17-5-2)15(13)18-10-11-19-3/h6-8,16H,4-5,9-12H2,1-3H3. The molecule has 4 heteroatoms. The quantitative estimate of drug-likeness (QED) is 0.667. The predicted molar refractivity (Wildman–Crippen MR) is 83.5 cm³/mol. The van der Waals surface area contributed by atoms with Crippen LogP contribution >= 0.6 is 11.8 Å². The van der Waals surface area contributed by atoms with Crippen molar-refractivity contribution in [1.29, 1.82) is 0 Å². The van der Waals surface area contributed by atoms with Crippen molar-refractivity contribution in [2.75, 3.05) is 31.8 Å². The van der Waals surface area contributed by atoms with Crippen LogP contribution in [0.25, 0.3) is 0 Å². The zero-order valence-electron chi connectivity index (χ0n) is 12.2. The average Bonchev–Trinajstić information content (AvgIpc) is 2.42. The van der Waals surface area contributed by atoms with Gasteiger partial charge in [-0.05, 0) is 32.2 Å². The molecule has 19 heavy (non-hydrogen) atoms. The van der Waals surface area contributed by atoms with Gasteiger partial charge in [0.2, 0.25) is 0 Å². The highest BCUT2D eigenvalue weighted by atomic mass is 32.2. The molecule has 0 unspecified atom stereocenters. The summed E-state index contributed by atoms with van der Waals surface area (Å²) in [6, 6.07) is 6.09. The molecule has 1 aromatic rings. The molecule has 0 saturated carbocycles. The van der Waals surface area contributed by atoms with Crippen LogP contribution in [0.4, 0.5) is 0 Å². The number of hydrogen-bond acceptors (Lipinski definition) is 4. The van der Waals surface area contributed by atoms with Gasteiger partial charge >= 0.3 is 0 Å². The zero-order valence-corrected chi connectivity index (χ0v) is 13.0. The van der Waals surface area contributed by atoms with Gasteiger partial charge in [-0.15, -0.1) is 0 Å². The van der Waals surface area contributed by atoms with Gasteiger partial charge in [0, 0.05) is 17.9 Å². The van der Waals surface area contributed by atoms with Crippen LogP contribution < -0.4 is 14.8 Å². The molecule has 1 aromatic carbocycles. The van der Waals surface area contributed by atoms with E-state index in [1.54, 1.807) is 11.8 Å². The van der Waals surface area contributed by atoms with Crippen molar-refractivity contribution in [3.63, 3.8) is 0 Å². The molecule has 1 N–H and O–H groups in total. The lowest BCUT2D eigenvalue weighted by Gasteiger charge is -2.16. The summed E-state index contributed by atoms with van der Waals surface area (Å²) in [6.07, 6.45) is 3.22. The Bertz CT molecular complexity index is 358. The van der Waals surface area contributed by atoms with E-state index in [9.17, 15) is 0 Å². The molecule has 0 spiro atoms. The number of ether oxygens (including phenoxy) is 2. The van der Waals surface area contributed by atoms with Gasteiger partial charge in [-0.3, -0.25) is 0 Å². The topological polar surface area (TPSA) is 30.5 Å². The molecule has 0 saturated heterocycles. The minimum Gasteiger partial charge on any atom is -0.490 e. The molecular weight excluding hydrogens is 258 g/mol. The molecule has 0 aliphatic rings. The van der Waals surface area contributed by atoms with Gasteiger partial charge in [-0.2, -0.15) is 11.8 Å². The first-order valence-corrected chi connectivity index (χ1v) is 8.30. The smallest absolute Gasteiger partial charge is 0.165 e. The van der Waals surface area contributed by atoms with E-state index in [0.29, 0.717) is 13.2 Å². The van der Waals surface area contributed by atoms with Crippen LogP contribution in [0.5, 0.6) is 11.5 Å². The molecular formula is C15H25NO2S. The van der Waals surface area contributed by atoms with Crippen molar-refractivity contribution >= 4 is 11.8 Å². The van der Waals surface area contributed by atoms with E-state index < -0.39 is 0 Å². The van der Waals surface area contributed by atoms with E-state index in [1.807, 2.05) is 19.1 Å². The summed E-state index contributed by atoms with van der Waals surface area (Å²) >= 11 is 1.79. The van der Waals surface area contributed by atoms with Crippen molar-refractivity contribution in [2.45, 2.75) is 26.8 Å². The Kier molecular flexibility index (Phi) is 8.50. The fourth-order valence-corrected chi connectivity index (χ4v) is 2.01. The Labute approximate surface area is 121 Å². The molecule has 0 amide bonds. The maximum Gasteiger partial charge on any atom is 0.165 e. The number of hydrogen-bond donors (Lipinski definition) is 1. The van der Waals surface area contributed by atoms with Gasteiger partial charge in [0.1, 0.15) is 0 Å². The van der Waals surface area contributed by atoms with E-state index >= 15 is 0 Å². The molecule has 0 heterocycles. The molecule has 0 aromatic heterocycles. The van der Waals surface area contributed by atoms with E-state index in [-0.39, 0.29) is 0 Å². The van der Waals surface area contributed by atoms with Gasteiger partial charge in [-0.25, -0.2) is 0 Å². The van der Waals surface area contributed by atoms with Crippen LogP contribution in [0, 0.1) is 0 Å². The van der Waals surface area contributed by atoms with Gasteiger partial charge in [0.25, 0.3) is 0 Å². The molecule has 0 aliphatic carbocycles. The van der Waals surface area contributed by atoms with E-state index in [4.69, 9.17) is 9.47 Å². The molecule has 0 bridgehead atoms. The highest BCUT2D eigenvalue weighted by Crippen LogP contribution is 2.31. The van der Waals surface area contributed by atoms with Crippen LogP contribution in [-0.2, 0) is 6.54 Å². The summed E-state index contributed by atoms with van der Waals surface area (Å²) in [7, 11) is 0. The van der Waals surface area contributed by atoms with Crippen molar-refractivity contribution in [3.05, 3.63) is 23.8 Å². The number of para-hydroxylation sites is 1. The number of nitrogens with one attached hydrogen (secondary N) is 1. The maximum atomic E-state index is 5.91. The number of benzene rings is 1. The third-order valence-corrected chi connectivity index (χ3v) is 3.21. The third kappa shape index (κ3) is 5.74. The number of thioether (sulfide) groups is 1. The lowest BCUT2D eigenvalue weighted by atomic mass is 10.2. The zero-order chi connectivity index (χ0) is 13.9. The van der Waals surface area contributed by atoms with Gasteiger partial charge in [0.05, 0.1) is 13.2 Å². The lowest BCUT2D eigenvalue weighted by molar-refractivity contribution is 0.286. The Morgan fingerprint density at radius 2 is 2.05 bits per heavy atom. The van der Waals surface area contributed by atoms with Crippen LogP contribution in [0.15, 0.2) is 18.2 Å². The van der Waals surface area contributed by atoms with Gasteiger partial charge in [-0.1, -0.05) is 19.1 Å². The fourth-order valence-electron chi connectivity index (χ4n) is 1.76. The summed E-state index contributed by atoms with van der Waals surface area (Å²) in [5.74, 6) is 2.73. The van der Waals surface area contributed by atoms with E-state index in [1.165, 1.54) is 5.56 Å². The van der Waals surface area contributed by atoms with E-state index in [0.717, 1.165) is 36.8 Å². The molecule has 0 aliphatic heterocycles. The molecule has 108 valence electrons. The van der Waals surface area contributed by atoms with Crippen LogP contribution in [0.1, 0.15) is 25.8 Å². The first-order valence-electron chi connectivity index (χ1n) is 6.90. The monoisotopic (exact) mass is 283 g/mol. The third-order valence-electron chi connectivity index (χ3n) is 2.64. The van der Waals surface area contributed by atoms with Crippen LogP contribution in [-0.4, -0.2) is 31.8 Å². The number of rotatable bonds is 10. The molecule has 3 nitrogen and oxygen atoms in total. The normalized spacial score (nSPS) is 10.5. The van der Waals surface area contributed by atoms with Gasteiger partial charge in [0.15, 0.2) is 11.5 Å².